The zero-order valence-corrected chi connectivity index (χ0v) is 24.5. The molecule has 3 heterocycles. The van der Waals surface area contributed by atoms with Crippen molar-refractivity contribution in [3.8, 4) is 0 Å². The first-order chi connectivity index (χ1) is 22.3. The highest BCUT2D eigenvalue weighted by molar-refractivity contribution is 6.15. The molecule has 0 fully saturated rings. The van der Waals surface area contributed by atoms with E-state index in [4.69, 9.17) is 10.7 Å². The molecule has 0 saturated heterocycles. The maximum Gasteiger partial charge on any atom is 0.207 e. The molecule has 0 aliphatic carbocycles. The Morgan fingerprint density at radius 3 is 1.16 bits per heavy atom. The van der Waals surface area contributed by atoms with Crippen molar-refractivity contribution in [2.45, 2.75) is 6.54 Å². The van der Waals surface area contributed by atoms with Crippen LogP contribution in [0.3, 0.4) is 0 Å². The first-order valence-electron chi connectivity index (χ1n) is 15.3. The van der Waals surface area contributed by atoms with Crippen LogP contribution in [0.5, 0.6) is 0 Å². The zero-order valence-electron chi connectivity index (χ0n) is 24.5. The van der Waals surface area contributed by atoms with Crippen LogP contribution in [0.2, 0.25) is 0 Å². The normalized spacial score (nSPS) is 12.9. The Hall–Kier alpha value is -6.07. The molecule has 0 aliphatic rings. The van der Waals surface area contributed by atoms with Gasteiger partial charge in [0.25, 0.3) is 0 Å². The minimum atomic E-state index is 0.419. The molecule has 0 unspecified atom stereocenters. The van der Waals surface area contributed by atoms with E-state index in [2.05, 4.69) is 165 Å². The van der Waals surface area contributed by atoms with Crippen molar-refractivity contribution in [1.29, 1.82) is 0 Å². The summed E-state index contributed by atoms with van der Waals surface area (Å²) in [6.45, 7) is 0.619. The van der Waals surface area contributed by atoms with Gasteiger partial charge in [0, 0.05) is 49.9 Å². The second-order valence-corrected chi connectivity index (χ2v) is 11.4. The number of nitrogens with two attached hydrogens (primary N) is 1. The molecule has 5 heteroatoms. The van der Waals surface area contributed by atoms with Crippen molar-refractivity contribution in [3.05, 3.63) is 152 Å². The topological polar surface area (TPSA) is 53.2 Å². The lowest BCUT2D eigenvalue weighted by Crippen LogP contribution is -2.22. The lowest BCUT2D eigenvalue weighted by atomic mass is 10.2. The quantitative estimate of drug-likeness (QED) is 0.164. The highest BCUT2D eigenvalue weighted by Gasteiger charge is 2.17. The molecule has 0 atom stereocenters. The molecule has 214 valence electrons. The fraction of sp³-hybridized carbons (Fsp3) is 0.0250. The molecule has 0 bridgehead atoms. The summed E-state index contributed by atoms with van der Waals surface area (Å²) in [6, 6.07) is 51.0. The van der Waals surface area contributed by atoms with Gasteiger partial charge < -0.3 is 10.3 Å². The summed E-state index contributed by atoms with van der Waals surface area (Å²) < 4.78 is 6.69. The Labute approximate surface area is 259 Å². The number of hydrogen-bond donors (Lipinski definition) is 1. The molecule has 2 N–H and O–H groups in total. The molecule has 3 aromatic heterocycles. The van der Waals surface area contributed by atoms with Gasteiger partial charge >= 0.3 is 0 Å². The monoisotopic (exact) mass is 579 g/mol. The molecule has 0 radical (unpaired) electrons. The maximum absolute atomic E-state index is 7.05. The van der Waals surface area contributed by atoms with Gasteiger partial charge in [0.15, 0.2) is 0 Å². The van der Waals surface area contributed by atoms with Gasteiger partial charge in [-0.05, 0) is 42.5 Å². The van der Waals surface area contributed by atoms with E-state index in [0.29, 0.717) is 12.5 Å². The lowest BCUT2D eigenvalue weighted by Gasteiger charge is -2.13. The van der Waals surface area contributed by atoms with Gasteiger partial charge in [-0.3, -0.25) is 9.13 Å². The number of aromatic nitrogens is 3. The molecular formula is C40H29N5. The van der Waals surface area contributed by atoms with Gasteiger partial charge in [0.05, 0.1) is 22.1 Å². The van der Waals surface area contributed by atoms with Crippen LogP contribution in [0, 0.1) is 0 Å². The summed E-state index contributed by atoms with van der Waals surface area (Å²) in [5.41, 5.74) is 13.7. The molecule has 9 aromatic rings. The number of allylic oxidation sites excluding steroid dienone is 1. The lowest BCUT2D eigenvalue weighted by molar-refractivity contribution is 0.892. The highest BCUT2D eigenvalue weighted by atomic mass is 15.2. The first kappa shape index (κ1) is 25.4. The van der Waals surface area contributed by atoms with Gasteiger partial charge in [-0.2, -0.15) is 4.99 Å². The van der Waals surface area contributed by atoms with Crippen LogP contribution >= 0.6 is 0 Å². The number of rotatable bonds is 4. The average Bonchev–Trinajstić information content (AvgIpc) is 3.73. The van der Waals surface area contributed by atoms with E-state index in [9.17, 15) is 0 Å². The van der Waals surface area contributed by atoms with Crippen LogP contribution in [-0.4, -0.2) is 19.7 Å². The van der Waals surface area contributed by atoms with Crippen LogP contribution in [-0.2, 0) is 6.54 Å². The van der Waals surface area contributed by atoms with Crippen molar-refractivity contribution >= 4 is 77.2 Å². The van der Waals surface area contributed by atoms with Crippen molar-refractivity contribution in [2.24, 2.45) is 10.7 Å². The Bertz CT molecular complexity index is 2480. The Morgan fingerprint density at radius 2 is 0.756 bits per heavy atom. The fourth-order valence-corrected chi connectivity index (χ4v) is 7.07. The van der Waals surface area contributed by atoms with E-state index < -0.39 is 0 Å². The molecule has 0 amide bonds. The number of aliphatic imine (C=N–C) groups is 1. The summed E-state index contributed by atoms with van der Waals surface area (Å²) in [6.07, 6.45) is 2.21. The third-order valence-electron chi connectivity index (χ3n) is 8.98. The molecule has 5 nitrogen and oxygen atoms in total. The smallest absolute Gasteiger partial charge is 0.207 e. The summed E-state index contributed by atoms with van der Waals surface area (Å²) in [4.78, 5) is 5.29. The van der Waals surface area contributed by atoms with Crippen LogP contribution < -0.4 is 5.73 Å². The second kappa shape index (κ2) is 10.00. The zero-order chi connectivity index (χ0) is 29.9. The predicted molar refractivity (Wildman–Crippen MR) is 190 cm³/mol. The largest absolute Gasteiger partial charge is 0.369 e. The Kier molecular flexibility index (Phi) is 5.65. The van der Waals surface area contributed by atoms with E-state index in [1.165, 1.54) is 32.6 Å². The summed E-state index contributed by atoms with van der Waals surface area (Å²) in [5.74, 6) is 1.19. The maximum atomic E-state index is 7.05. The minimum Gasteiger partial charge on any atom is -0.369 e. The number of para-hydroxylation sites is 6. The molecule has 45 heavy (non-hydrogen) atoms. The standard InChI is InChI=1S/C40H29N5/c41-40(45-37-23-11-5-17-31(37)32-18-6-12-24-38(32)45)42-39(44-35-21-9-3-15-29(35)30-16-4-10-22-36(30)44)25-26-43-33-19-7-1-13-27(33)28-14-2-8-20-34(28)43/h1-25H,26H2,(H2,41,42)/b39-25+. The Balaban J connectivity index is 1.32. The molecule has 6 aromatic carbocycles. The van der Waals surface area contributed by atoms with Crippen molar-refractivity contribution in [3.63, 3.8) is 0 Å². The van der Waals surface area contributed by atoms with Crippen LogP contribution in [0.25, 0.3) is 71.2 Å². The fourth-order valence-electron chi connectivity index (χ4n) is 7.07. The van der Waals surface area contributed by atoms with Crippen LogP contribution in [0.15, 0.2) is 157 Å². The van der Waals surface area contributed by atoms with E-state index in [1.807, 2.05) is 0 Å². The molecule has 0 saturated carbocycles. The van der Waals surface area contributed by atoms with Crippen molar-refractivity contribution < 1.29 is 0 Å². The van der Waals surface area contributed by atoms with E-state index in [0.717, 1.165) is 38.7 Å². The molecule has 0 aliphatic heterocycles. The molecule has 9 rings (SSSR count). The van der Waals surface area contributed by atoms with Crippen molar-refractivity contribution in [2.75, 3.05) is 0 Å². The van der Waals surface area contributed by atoms with E-state index in [1.54, 1.807) is 0 Å². The summed E-state index contributed by atoms with van der Waals surface area (Å²) in [7, 11) is 0. The Morgan fingerprint density at radius 1 is 0.444 bits per heavy atom. The number of nitrogens with zero attached hydrogens (tertiary/aromatic N) is 4. The minimum absolute atomic E-state index is 0.419. The molecule has 0 spiro atoms. The average molecular weight is 580 g/mol. The summed E-state index contributed by atoms with van der Waals surface area (Å²) in [5, 5.41) is 7.15. The van der Waals surface area contributed by atoms with Gasteiger partial charge in [-0.15, -0.1) is 0 Å². The molecular weight excluding hydrogens is 550 g/mol. The van der Waals surface area contributed by atoms with Crippen molar-refractivity contribution in [1.82, 2.24) is 13.7 Å². The number of fused-ring (bicyclic) bond motifs is 9. The second-order valence-electron chi connectivity index (χ2n) is 11.4. The van der Waals surface area contributed by atoms with Gasteiger partial charge in [0.1, 0.15) is 5.82 Å². The number of benzene rings is 6. The van der Waals surface area contributed by atoms with Gasteiger partial charge in [-0.25, -0.2) is 0 Å². The van der Waals surface area contributed by atoms with Gasteiger partial charge in [0.2, 0.25) is 5.96 Å². The highest BCUT2D eigenvalue weighted by Crippen LogP contribution is 2.34. The van der Waals surface area contributed by atoms with E-state index in [-0.39, 0.29) is 0 Å². The third-order valence-corrected chi connectivity index (χ3v) is 8.98. The van der Waals surface area contributed by atoms with Crippen LogP contribution in [0.4, 0.5) is 0 Å². The predicted octanol–water partition coefficient (Wildman–Crippen LogP) is 9.37. The van der Waals surface area contributed by atoms with Crippen LogP contribution in [0.1, 0.15) is 0 Å². The summed E-state index contributed by atoms with van der Waals surface area (Å²) >= 11 is 0. The number of hydrogen-bond acceptors (Lipinski definition) is 1. The van der Waals surface area contributed by atoms with E-state index >= 15 is 0 Å². The first-order valence-corrected chi connectivity index (χ1v) is 15.3. The SMILES string of the molecule is NC(=N/C(=C\Cn1c2ccccc2c2ccccc21)n1c2ccccc2c2ccccc21)n1c2ccccc2c2ccccc21. The third kappa shape index (κ3) is 3.84. The van der Waals surface area contributed by atoms with Gasteiger partial charge in [-0.1, -0.05) is 109 Å².